The summed E-state index contributed by atoms with van der Waals surface area (Å²) in [6, 6.07) is 0. The number of ether oxygens (including phenoxy) is 7. The number of hydrogen-bond donors (Lipinski definition) is 0. The van der Waals surface area contributed by atoms with Gasteiger partial charge in [0.2, 0.25) is 0 Å². The summed E-state index contributed by atoms with van der Waals surface area (Å²) in [5.41, 5.74) is 0.618. The van der Waals surface area contributed by atoms with Gasteiger partial charge in [-0.1, -0.05) is 90.2 Å². The molecule has 0 N–H and O–H groups in total. The number of fused-ring (bicyclic) bond motifs is 1. The molecule has 4 saturated carbocycles. The van der Waals surface area contributed by atoms with E-state index < -0.39 is 12.6 Å². The number of unbranched alkanes of at least 4 members (excludes halogenated alkanes) is 8. The molecule has 0 aromatic heterocycles. The van der Waals surface area contributed by atoms with Gasteiger partial charge in [0, 0.05) is 45.7 Å². The molecule has 4 unspecified atom stereocenters. The van der Waals surface area contributed by atoms with Crippen LogP contribution in [0.3, 0.4) is 0 Å². The average molecular weight is 1110 g/mol. The van der Waals surface area contributed by atoms with Crippen LogP contribution in [0.2, 0.25) is 0 Å². The molecule has 11 heteroatoms. The summed E-state index contributed by atoms with van der Waals surface area (Å²) in [7, 11) is 0. The van der Waals surface area contributed by atoms with E-state index in [-0.39, 0.29) is 47.0 Å². The summed E-state index contributed by atoms with van der Waals surface area (Å²) >= 11 is 0. The van der Waals surface area contributed by atoms with Crippen molar-refractivity contribution in [3.05, 3.63) is 48.6 Å². The molecule has 0 amide bonds. The second kappa shape index (κ2) is 44.7. The highest BCUT2D eigenvalue weighted by Crippen LogP contribution is 2.69. The first kappa shape index (κ1) is 70.4. The predicted molar refractivity (Wildman–Crippen MR) is 324 cm³/mol. The van der Waals surface area contributed by atoms with Crippen LogP contribution in [0.5, 0.6) is 0 Å². The molecule has 0 aromatic rings. The molecule has 4 aliphatic carbocycles. The molecular formula is C68H119NO10. The molecule has 0 radical (unpaired) electrons. The van der Waals surface area contributed by atoms with Crippen molar-refractivity contribution in [3.63, 3.8) is 0 Å². The van der Waals surface area contributed by atoms with Crippen LogP contribution in [0.15, 0.2) is 48.6 Å². The van der Waals surface area contributed by atoms with E-state index in [1.54, 1.807) is 0 Å². The van der Waals surface area contributed by atoms with Crippen molar-refractivity contribution in [2.75, 3.05) is 65.9 Å². The van der Waals surface area contributed by atoms with Gasteiger partial charge in [-0.25, -0.2) is 0 Å². The van der Waals surface area contributed by atoms with Crippen LogP contribution in [0.25, 0.3) is 0 Å². The van der Waals surface area contributed by atoms with Gasteiger partial charge in [0.1, 0.15) is 0 Å². The lowest BCUT2D eigenvalue weighted by molar-refractivity contribution is -0.159. The minimum absolute atomic E-state index is 0.0721. The zero-order valence-electron chi connectivity index (χ0n) is 51.7. The summed E-state index contributed by atoms with van der Waals surface area (Å²) in [5, 5.41) is 0. The molecular weight excluding hydrogens is 991 g/mol. The quantitative estimate of drug-likeness (QED) is 0.0190. The van der Waals surface area contributed by atoms with Gasteiger partial charge in [-0.15, -0.1) is 0 Å². The van der Waals surface area contributed by atoms with E-state index in [1.807, 2.05) is 0 Å². The summed E-state index contributed by atoms with van der Waals surface area (Å²) < 4.78 is 42.6. The largest absolute Gasteiger partial charge is 0.466 e. The maximum atomic E-state index is 13.3. The minimum Gasteiger partial charge on any atom is -0.466 e. The fraction of sp³-hybridized carbons (Fsp3) is 0.838. The van der Waals surface area contributed by atoms with Crippen molar-refractivity contribution in [1.29, 1.82) is 0 Å². The monoisotopic (exact) mass is 1110 g/mol. The van der Waals surface area contributed by atoms with Crippen molar-refractivity contribution >= 4 is 17.9 Å². The van der Waals surface area contributed by atoms with E-state index in [0.717, 1.165) is 167 Å². The molecule has 4 fully saturated rings. The number of hydrogen-bond acceptors (Lipinski definition) is 11. The van der Waals surface area contributed by atoms with Crippen LogP contribution in [-0.2, 0) is 47.5 Å². The zero-order valence-corrected chi connectivity index (χ0v) is 51.7. The van der Waals surface area contributed by atoms with Crippen LogP contribution in [-0.4, -0.2) is 101 Å². The third-order valence-electron chi connectivity index (χ3n) is 17.0. The van der Waals surface area contributed by atoms with Gasteiger partial charge in [0.05, 0.1) is 32.7 Å². The molecule has 0 aromatic carbocycles. The van der Waals surface area contributed by atoms with Crippen molar-refractivity contribution < 1.29 is 47.5 Å². The molecule has 0 aliphatic heterocycles. The highest BCUT2D eigenvalue weighted by Gasteiger charge is 2.58. The van der Waals surface area contributed by atoms with Crippen LogP contribution in [0, 0.1) is 22.2 Å². The molecule has 0 saturated heterocycles. The van der Waals surface area contributed by atoms with Crippen LogP contribution in [0.1, 0.15) is 266 Å². The number of nitrogens with zero attached hydrogens (tertiary/aromatic N) is 1. The fourth-order valence-electron chi connectivity index (χ4n) is 13.3. The van der Waals surface area contributed by atoms with E-state index in [9.17, 15) is 14.4 Å². The van der Waals surface area contributed by atoms with Crippen LogP contribution in [0.4, 0.5) is 0 Å². The molecule has 4 aliphatic rings. The molecule has 0 spiro atoms. The first-order valence-electron chi connectivity index (χ1n) is 32.8. The SMILES string of the molecule is CC/C=C\CCCCOC(CCC(=O)OCCCC12CCC3(CCCOC(=O)CCCN(CC)CC)CC(C1)CC(CCCOC(=O)CCC(OCCCC/C=C\CC)OCCCC/C=C\CC)(C3)C2)OCCCC/C=C\CC. The zero-order chi connectivity index (χ0) is 57.0. The Morgan fingerprint density at radius 2 is 0.759 bits per heavy atom. The Hall–Kier alpha value is -2.83. The number of carbonyl (C=O) groups excluding carboxylic acids is 3. The second-order valence-corrected chi connectivity index (χ2v) is 23.9. The van der Waals surface area contributed by atoms with Gasteiger partial charge in [-0.2, -0.15) is 0 Å². The Morgan fingerprint density at radius 1 is 0.418 bits per heavy atom. The summed E-state index contributed by atoms with van der Waals surface area (Å²) in [6.07, 6.45) is 50.8. The summed E-state index contributed by atoms with van der Waals surface area (Å²) in [4.78, 5) is 41.7. The summed E-state index contributed by atoms with van der Waals surface area (Å²) in [6.45, 7) is 19.8. The Morgan fingerprint density at radius 3 is 1.11 bits per heavy atom. The predicted octanol–water partition coefficient (Wildman–Crippen LogP) is 17.3. The molecule has 4 bridgehead atoms. The number of carbonyl (C=O) groups is 3. The Balaban J connectivity index is 1.58. The molecule has 4 atom stereocenters. The molecule has 4 rings (SSSR count). The topological polar surface area (TPSA) is 119 Å². The third-order valence-corrected chi connectivity index (χ3v) is 17.0. The van der Waals surface area contributed by atoms with Gasteiger partial charge < -0.3 is 38.1 Å². The minimum atomic E-state index is -0.403. The molecule has 456 valence electrons. The Kier molecular flexibility index (Phi) is 39.9. The first-order valence-corrected chi connectivity index (χ1v) is 32.8. The summed E-state index contributed by atoms with van der Waals surface area (Å²) in [5.74, 6) is 0.230. The van der Waals surface area contributed by atoms with E-state index in [0.29, 0.717) is 71.4 Å². The molecule has 0 heterocycles. The third kappa shape index (κ3) is 32.6. The highest BCUT2D eigenvalue weighted by atomic mass is 16.7. The smallest absolute Gasteiger partial charge is 0.305 e. The van der Waals surface area contributed by atoms with Gasteiger partial charge in [0.25, 0.3) is 0 Å². The van der Waals surface area contributed by atoms with Gasteiger partial charge in [-0.3, -0.25) is 14.4 Å². The van der Waals surface area contributed by atoms with Crippen LogP contribution < -0.4 is 0 Å². The van der Waals surface area contributed by atoms with Gasteiger partial charge in [0.15, 0.2) is 12.6 Å². The van der Waals surface area contributed by atoms with Crippen molar-refractivity contribution in [3.8, 4) is 0 Å². The maximum absolute atomic E-state index is 13.3. The van der Waals surface area contributed by atoms with E-state index in [1.165, 1.54) is 44.9 Å². The number of esters is 3. The van der Waals surface area contributed by atoms with Crippen molar-refractivity contribution in [2.24, 2.45) is 22.2 Å². The van der Waals surface area contributed by atoms with E-state index in [4.69, 9.17) is 33.2 Å². The molecule has 79 heavy (non-hydrogen) atoms. The Labute approximate surface area is 483 Å². The van der Waals surface area contributed by atoms with Gasteiger partial charge in [-0.05, 0) is 234 Å². The standard InChI is InChI=1S/C68H119NO10/c1-7-13-17-21-25-29-48-76-64(77-49-30-26-22-18-14-8-2)40-38-62(71)74-53-35-43-67-46-45-66(42-34-52-73-61(70)37-33-47-69(11-5)12-6)55-60(56-67)57-68(58-66,59-67)44-36-54-75-63(72)39-41-65(78-50-31-27-23-19-15-9-3)79-51-32-28-24-20-16-10-4/h13-20,60,64-65H,7-12,21-59H2,1-6H3/b17-13-,18-14-,19-15-,20-16-. The second-order valence-electron chi connectivity index (χ2n) is 23.9. The van der Waals surface area contributed by atoms with Crippen molar-refractivity contribution in [2.45, 2.75) is 279 Å². The number of allylic oxidation sites excluding steroid dienone is 8. The maximum Gasteiger partial charge on any atom is 0.305 e. The van der Waals surface area contributed by atoms with Gasteiger partial charge >= 0.3 is 17.9 Å². The van der Waals surface area contributed by atoms with E-state index >= 15 is 0 Å². The normalized spacial score (nSPS) is 21.1. The number of rotatable bonds is 52. The lowest BCUT2D eigenvalue weighted by Gasteiger charge is -2.56. The fourth-order valence-corrected chi connectivity index (χ4v) is 13.3. The lowest BCUT2D eigenvalue weighted by atomic mass is 9.49. The first-order chi connectivity index (χ1) is 38.6. The Bertz CT molecular complexity index is 1630. The average Bonchev–Trinajstić information content (AvgIpc) is 3.89. The lowest BCUT2D eigenvalue weighted by Crippen LogP contribution is -2.45. The highest BCUT2D eigenvalue weighted by molar-refractivity contribution is 5.70. The van der Waals surface area contributed by atoms with Crippen LogP contribution >= 0.6 is 0 Å². The van der Waals surface area contributed by atoms with E-state index in [2.05, 4.69) is 95.1 Å². The molecule has 11 nitrogen and oxygen atoms in total. The van der Waals surface area contributed by atoms with Crippen molar-refractivity contribution in [1.82, 2.24) is 4.90 Å².